The standard InChI is InChI=1S/C26H32Cl2N6O2/c27-21-1-4-23(28)19(13-21)15-30-7-5-26(17-30)6-8-33(18-26)25(36)34-16-20(14-29-34)24(35)32-11-9-31(10-12-32)22-2-3-22/h1,4,13-14,16,22H,2-3,5-12,15,17-18H2. The molecule has 4 aliphatic rings. The van der Waals surface area contributed by atoms with Crippen LogP contribution >= 0.6 is 23.2 Å². The first-order valence-electron chi connectivity index (χ1n) is 12.9. The molecular weight excluding hydrogens is 499 g/mol. The highest BCUT2D eigenvalue weighted by Crippen LogP contribution is 2.40. The van der Waals surface area contributed by atoms with Crippen LogP contribution in [0.2, 0.25) is 10.0 Å². The minimum atomic E-state index is -0.152. The Labute approximate surface area is 221 Å². The molecule has 8 nitrogen and oxygen atoms in total. The number of carbonyl (C=O) groups is 2. The molecule has 0 radical (unpaired) electrons. The van der Waals surface area contributed by atoms with Crippen LogP contribution in [-0.2, 0) is 6.54 Å². The maximum Gasteiger partial charge on any atom is 0.344 e. The Morgan fingerprint density at radius 2 is 1.75 bits per heavy atom. The molecule has 6 rings (SSSR count). The fourth-order valence-electron chi connectivity index (χ4n) is 6.09. The van der Waals surface area contributed by atoms with Gasteiger partial charge in [0.2, 0.25) is 0 Å². The van der Waals surface area contributed by atoms with Crippen LogP contribution in [0.5, 0.6) is 0 Å². The van der Waals surface area contributed by atoms with Crippen molar-refractivity contribution in [3.8, 4) is 0 Å². The number of likely N-dealkylation sites (tertiary alicyclic amines) is 2. The van der Waals surface area contributed by atoms with E-state index < -0.39 is 0 Å². The molecule has 10 heteroatoms. The van der Waals surface area contributed by atoms with Crippen LogP contribution in [0.1, 0.15) is 41.6 Å². The molecule has 1 aliphatic carbocycles. The van der Waals surface area contributed by atoms with Gasteiger partial charge in [0, 0.05) is 80.1 Å². The number of rotatable bonds is 4. The summed E-state index contributed by atoms with van der Waals surface area (Å²) in [6, 6.07) is 6.16. The summed E-state index contributed by atoms with van der Waals surface area (Å²) in [5.74, 6) is -0.0338. The second kappa shape index (κ2) is 9.63. The number of halogens is 2. The second-order valence-corrected chi connectivity index (χ2v) is 11.7. The molecule has 1 saturated carbocycles. The SMILES string of the molecule is O=C(c1cnn(C(=O)N2CCC3(CCN(Cc4cc(Cl)ccc4Cl)C3)C2)c1)N1CCN(C2CC2)CC1. The molecule has 2 aromatic rings. The van der Waals surface area contributed by atoms with Crippen molar-refractivity contribution < 1.29 is 9.59 Å². The van der Waals surface area contributed by atoms with E-state index in [4.69, 9.17) is 23.2 Å². The summed E-state index contributed by atoms with van der Waals surface area (Å²) in [6.07, 6.45) is 7.72. The van der Waals surface area contributed by atoms with E-state index in [9.17, 15) is 9.59 Å². The van der Waals surface area contributed by atoms with E-state index in [2.05, 4.69) is 14.9 Å². The molecule has 1 atom stereocenters. The van der Waals surface area contributed by atoms with E-state index in [1.54, 1.807) is 6.20 Å². The summed E-state index contributed by atoms with van der Waals surface area (Å²) >= 11 is 12.5. The van der Waals surface area contributed by atoms with Crippen LogP contribution in [0.15, 0.2) is 30.6 Å². The number of carbonyl (C=O) groups excluding carboxylic acids is 2. The maximum atomic E-state index is 13.2. The molecule has 1 aromatic heterocycles. The zero-order chi connectivity index (χ0) is 24.9. The van der Waals surface area contributed by atoms with Crippen molar-refractivity contribution in [3.05, 3.63) is 51.8 Å². The number of benzene rings is 1. The quantitative estimate of drug-likeness (QED) is 0.603. The molecule has 4 fully saturated rings. The maximum absolute atomic E-state index is 13.2. The van der Waals surface area contributed by atoms with Crippen LogP contribution in [-0.4, -0.2) is 99.7 Å². The van der Waals surface area contributed by atoms with Crippen molar-refractivity contribution in [1.82, 2.24) is 29.4 Å². The van der Waals surface area contributed by atoms with Gasteiger partial charge in [-0.2, -0.15) is 9.78 Å². The zero-order valence-electron chi connectivity index (χ0n) is 20.4. The van der Waals surface area contributed by atoms with Crippen molar-refractivity contribution in [2.24, 2.45) is 5.41 Å². The first kappa shape index (κ1) is 24.2. The highest BCUT2D eigenvalue weighted by atomic mass is 35.5. The minimum absolute atomic E-state index is 0.0338. The number of amides is 2. The molecule has 0 N–H and O–H groups in total. The average molecular weight is 531 g/mol. The van der Waals surface area contributed by atoms with E-state index >= 15 is 0 Å². The van der Waals surface area contributed by atoms with Crippen molar-refractivity contribution >= 4 is 35.1 Å². The fourth-order valence-corrected chi connectivity index (χ4v) is 6.47. The van der Waals surface area contributed by atoms with Gasteiger partial charge in [0.05, 0.1) is 11.8 Å². The van der Waals surface area contributed by atoms with Gasteiger partial charge in [-0.1, -0.05) is 23.2 Å². The summed E-state index contributed by atoms with van der Waals surface area (Å²) in [5.41, 5.74) is 1.62. The number of nitrogens with zero attached hydrogens (tertiary/aromatic N) is 6. The Balaban J connectivity index is 1.04. The third kappa shape index (κ3) is 4.88. The lowest BCUT2D eigenvalue weighted by molar-refractivity contribution is 0.0627. The summed E-state index contributed by atoms with van der Waals surface area (Å²) < 4.78 is 1.34. The summed E-state index contributed by atoms with van der Waals surface area (Å²) in [5, 5.41) is 5.69. The van der Waals surface area contributed by atoms with Crippen molar-refractivity contribution in [2.75, 3.05) is 52.4 Å². The third-order valence-electron chi connectivity index (χ3n) is 8.32. The molecular formula is C26H32Cl2N6O2. The first-order chi connectivity index (χ1) is 17.4. The highest BCUT2D eigenvalue weighted by Gasteiger charge is 2.45. The van der Waals surface area contributed by atoms with Crippen LogP contribution in [0.4, 0.5) is 4.79 Å². The van der Waals surface area contributed by atoms with Gasteiger partial charge < -0.3 is 9.80 Å². The molecule has 3 saturated heterocycles. The van der Waals surface area contributed by atoms with Gasteiger partial charge in [-0.05, 0) is 56.0 Å². The lowest BCUT2D eigenvalue weighted by Gasteiger charge is -2.34. The van der Waals surface area contributed by atoms with Gasteiger partial charge in [0.1, 0.15) is 0 Å². The normalized spacial score (nSPS) is 25.3. The molecule has 192 valence electrons. The Kier molecular flexibility index (Phi) is 6.48. The van der Waals surface area contributed by atoms with E-state index in [0.29, 0.717) is 23.7 Å². The largest absolute Gasteiger partial charge is 0.344 e. The van der Waals surface area contributed by atoms with Crippen LogP contribution in [0.3, 0.4) is 0 Å². The van der Waals surface area contributed by atoms with Gasteiger partial charge in [-0.25, -0.2) is 4.79 Å². The van der Waals surface area contributed by atoms with E-state index in [-0.39, 0.29) is 17.4 Å². The molecule has 2 amide bonds. The fraction of sp³-hybridized carbons (Fsp3) is 0.577. The van der Waals surface area contributed by atoms with Crippen molar-refractivity contribution in [2.45, 2.75) is 38.3 Å². The Morgan fingerprint density at radius 1 is 0.972 bits per heavy atom. The molecule has 1 unspecified atom stereocenters. The van der Waals surface area contributed by atoms with Crippen molar-refractivity contribution in [1.29, 1.82) is 0 Å². The minimum Gasteiger partial charge on any atom is -0.336 e. The first-order valence-corrected chi connectivity index (χ1v) is 13.7. The Morgan fingerprint density at radius 3 is 2.53 bits per heavy atom. The lowest BCUT2D eigenvalue weighted by atomic mass is 9.86. The third-order valence-corrected chi connectivity index (χ3v) is 8.92. The average Bonchev–Trinajstić information content (AvgIpc) is 3.28. The highest BCUT2D eigenvalue weighted by molar-refractivity contribution is 6.33. The van der Waals surface area contributed by atoms with Gasteiger partial charge in [-0.15, -0.1) is 0 Å². The number of hydrogen-bond acceptors (Lipinski definition) is 5. The van der Waals surface area contributed by atoms with Crippen LogP contribution in [0, 0.1) is 5.41 Å². The van der Waals surface area contributed by atoms with Crippen molar-refractivity contribution in [3.63, 3.8) is 0 Å². The second-order valence-electron chi connectivity index (χ2n) is 10.9. The predicted octanol–water partition coefficient (Wildman–Crippen LogP) is 3.68. The van der Waals surface area contributed by atoms with Gasteiger partial charge >= 0.3 is 6.03 Å². The number of aromatic nitrogens is 2. The van der Waals surface area contributed by atoms with Gasteiger partial charge in [0.15, 0.2) is 0 Å². The van der Waals surface area contributed by atoms with Gasteiger partial charge in [-0.3, -0.25) is 14.6 Å². The zero-order valence-corrected chi connectivity index (χ0v) is 21.9. The summed E-state index contributed by atoms with van der Waals surface area (Å²) in [6.45, 7) is 7.40. The molecule has 1 aromatic carbocycles. The van der Waals surface area contributed by atoms with E-state index in [1.807, 2.05) is 28.0 Å². The van der Waals surface area contributed by atoms with Crippen LogP contribution in [0.25, 0.3) is 0 Å². The molecule has 4 heterocycles. The monoisotopic (exact) mass is 530 g/mol. The number of piperazine rings is 1. The molecule has 1 spiro atoms. The Bertz CT molecular complexity index is 1160. The van der Waals surface area contributed by atoms with E-state index in [1.165, 1.54) is 23.7 Å². The molecule has 0 bridgehead atoms. The Hall–Kier alpha value is -2.13. The van der Waals surface area contributed by atoms with E-state index in [0.717, 1.165) is 75.3 Å². The lowest BCUT2D eigenvalue weighted by Crippen LogP contribution is -2.49. The summed E-state index contributed by atoms with van der Waals surface area (Å²) in [7, 11) is 0. The smallest absolute Gasteiger partial charge is 0.336 e. The van der Waals surface area contributed by atoms with Crippen LogP contribution < -0.4 is 0 Å². The van der Waals surface area contributed by atoms with Gasteiger partial charge in [0.25, 0.3) is 5.91 Å². The number of hydrogen-bond donors (Lipinski definition) is 0. The molecule has 3 aliphatic heterocycles. The topological polar surface area (TPSA) is 64.9 Å². The summed E-state index contributed by atoms with van der Waals surface area (Å²) in [4.78, 5) is 34.9. The molecule has 36 heavy (non-hydrogen) atoms. The predicted molar refractivity (Wildman–Crippen MR) is 138 cm³/mol.